The van der Waals surface area contributed by atoms with Crippen molar-refractivity contribution >= 4 is 54.7 Å². The Kier molecular flexibility index (Phi) is 9.39. The predicted molar refractivity (Wildman–Crippen MR) is 102 cm³/mol. The lowest BCUT2D eigenvalue weighted by Crippen LogP contribution is -2.01. The van der Waals surface area contributed by atoms with Gasteiger partial charge in [-0.2, -0.15) is 0 Å². The third-order valence-electron chi connectivity index (χ3n) is 2.60. The quantitative estimate of drug-likeness (QED) is 0.197. The van der Waals surface area contributed by atoms with E-state index in [2.05, 4.69) is 82.9 Å². The number of benzene rings is 1. The van der Waals surface area contributed by atoms with Crippen LogP contribution in [-0.4, -0.2) is 11.6 Å². The molecular formula is C15H20I2OSi. The van der Waals surface area contributed by atoms with Crippen molar-refractivity contribution in [3.05, 3.63) is 41.1 Å². The summed E-state index contributed by atoms with van der Waals surface area (Å²) in [6.07, 6.45) is 3.67. The molecule has 2 radical (unpaired) electrons. The van der Waals surface area contributed by atoms with E-state index in [9.17, 15) is 0 Å². The first-order chi connectivity index (χ1) is 9.09. The van der Waals surface area contributed by atoms with Gasteiger partial charge in [0.25, 0.3) is 0 Å². The zero-order valence-corrected chi connectivity index (χ0v) is 16.8. The molecule has 0 saturated carbocycles. The van der Waals surface area contributed by atoms with E-state index in [-0.39, 0.29) is 2.12 Å². The fourth-order valence-electron chi connectivity index (χ4n) is 1.74. The number of para-hydroxylation sites is 1. The molecule has 19 heavy (non-hydrogen) atoms. The van der Waals surface area contributed by atoms with E-state index in [4.69, 9.17) is 4.74 Å². The predicted octanol–water partition coefficient (Wildman–Crippen LogP) is 5.59. The Bertz CT molecular complexity index is 401. The summed E-state index contributed by atoms with van der Waals surface area (Å²) in [7, 11) is 0.978. The van der Waals surface area contributed by atoms with Gasteiger partial charge in [-0.05, 0) is 83.5 Å². The zero-order valence-electron chi connectivity index (χ0n) is 11.5. The van der Waals surface area contributed by atoms with E-state index in [0.29, 0.717) is 0 Å². The second kappa shape index (κ2) is 10.2. The number of hydrogen-bond donors (Lipinski definition) is 0. The van der Waals surface area contributed by atoms with Crippen molar-refractivity contribution in [2.75, 3.05) is 0 Å². The fourth-order valence-corrected chi connectivity index (χ4v) is 3.29. The summed E-state index contributed by atoms with van der Waals surface area (Å²) in [5, 5.41) is 0. The molecule has 0 aromatic heterocycles. The van der Waals surface area contributed by atoms with E-state index in [1.165, 1.54) is 30.0 Å². The van der Waals surface area contributed by atoms with Gasteiger partial charge in [0.05, 0.1) is 9.52 Å². The SMILES string of the molecule is CC(C)=C[Si]CCCCc1ccccc1OC(I)I. The van der Waals surface area contributed by atoms with Crippen molar-refractivity contribution in [2.24, 2.45) is 0 Å². The van der Waals surface area contributed by atoms with Crippen molar-refractivity contribution in [1.82, 2.24) is 0 Å². The summed E-state index contributed by atoms with van der Waals surface area (Å²) in [5.74, 6) is 1.04. The largest absolute Gasteiger partial charge is 0.470 e. The lowest BCUT2D eigenvalue weighted by molar-refractivity contribution is 0.385. The summed E-state index contributed by atoms with van der Waals surface area (Å²) in [6, 6.07) is 9.72. The van der Waals surface area contributed by atoms with Crippen molar-refractivity contribution in [2.45, 2.75) is 41.3 Å². The number of alkyl halides is 2. The lowest BCUT2D eigenvalue weighted by Gasteiger charge is -2.12. The molecule has 104 valence electrons. The minimum Gasteiger partial charge on any atom is -0.470 e. The molecule has 0 fully saturated rings. The lowest BCUT2D eigenvalue weighted by atomic mass is 10.1. The smallest absolute Gasteiger partial charge is 0.199 e. The normalized spacial score (nSPS) is 10.6. The van der Waals surface area contributed by atoms with Gasteiger partial charge >= 0.3 is 0 Å². The number of halogens is 2. The van der Waals surface area contributed by atoms with Crippen LogP contribution in [0.25, 0.3) is 0 Å². The Morgan fingerprint density at radius 3 is 2.68 bits per heavy atom. The zero-order chi connectivity index (χ0) is 14.1. The number of allylic oxidation sites excluding steroid dienone is 1. The van der Waals surface area contributed by atoms with Gasteiger partial charge in [-0.25, -0.2) is 0 Å². The average Bonchev–Trinajstić information content (AvgIpc) is 2.34. The van der Waals surface area contributed by atoms with Crippen molar-refractivity contribution in [3.8, 4) is 5.75 Å². The third-order valence-corrected chi connectivity index (χ3v) is 4.53. The molecule has 1 nitrogen and oxygen atoms in total. The third kappa shape index (κ3) is 8.34. The van der Waals surface area contributed by atoms with Crippen LogP contribution in [-0.2, 0) is 6.42 Å². The van der Waals surface area contributed by atoms with Crippen LogP contribution < -0.4 is 4.74 Å². The molecular weight excluding hydrogens is 478 g/mol. The molecule has 0 N–H and O–H groups in total. The Morgan fingerprint density at radius 2 is 2.00 bits per heavy atom. The monoisotopic (exact) mass is 498 g/mol. The van der Waals surface area contributed by atoms with E-state index in [1.54, 1.807) is 0 Å². The molecule has 0 atom stereocenters. The summed E-state index contributed by atoms with van der Waals surface area (Å²) < 4.78 is 6.01. The van der Waals surface area contributed by atoms with E-state index in [1.807, 2.05) is 6.07 Å². The molecule has 0 spiro atoms. The van der Waals surface area contributed by atoms with Gasteiger partial charge in [0.15, 0.2) is 2.12 Å². The molecule has 0 heterocycles. The molecule has 0 unspecified atom stereocenters. The second-order valence-corrected chi connectivity index (χ2v) is 10.5. The maximum Gasteiger partial charge on any atom is 0.199 e. The van der Waals surface area contributed by atoms with Crippen molar-refractivity contribution < 1.29 is 4.74 Å². The summed E-state index contributed by atoms with van der Waals surface area (Å²) in [4.78, 5) is 0. The standard InChI is InChI=1S/C15H20I2OSi/c1-12(2)11-19-10-6-5-8-13-7-3-4-9-14(13)18-15(16)17/h3-4,7,9,11,15H,5-6,8,10H2,1-2H3. The number of unbranched alkanes of at least 4 members (excludes halogenated alkanes) is 1. The molecule has 1 aromatic rings. The topological polar surface area (TPSA) is 9.23 Å². The highest BCUT2D eigenvalue weighted by molar-refractivity contribution is 14.2. The molecule has 0 aliphatic rings. The van der Waals surface area contributed by atoms with Crippen LogP contribution in [0.4, 0.5) is 0 Å². The van der Waals surface area contributed by atoms with E-state index >= 15 is 0 Å². The Morgan fingerprint density at radius 1 is 1.26 bits per heavy atom. The van der Waals surface area contributed by atoms with Crippen molar-refractivity contribution in [1.29, 1.82) is 0 Å². The number of hydrogen-bond acceptors (Lipinski definition) is 1. The van der Waals surface area contributed by atoms with Gasteiger partial charge in [0, 0.05) is 0 Å². The molecule has 0 saturated heterocycles. The molecule has 4 heteroatoms. The Hall–Kier alpha value is 0.437. The van der Waals surface area contributed by atoms with Crippen LogP contribution >= 0.6 is 45.2 Å². The number of aryl methyl sites for hydroxylation is 1. The van der Waals surface area contributed by atoms with Crippen LogP contribution in [0.1, 0.15) is 32.3 Å². The summed E-state index contributed by atoms with van der Waals surface area (Å²) in [6.45, 7) is 4.34. The van der Waals surface area contributed by atoms with Crippen molar-refractivity contribution in [3.63, 3.8) is 0 Å². The van der Waals surface area contributed by atoms with Crippen LogP contribution in [0.15, 0.2) is 35.5 Å². The molecule has 0 amide bonds. The first-order valence-electron chi connectivity index (χ1n) is 6.49. The minimum atomic E-state index is 0.190. The first-order valence-corrected chi connectivity index (χ1v) is 10.3. The van der Waals surface area contributed by atoms with Crippen LogP contribution in [0.3, 0.4) is 0 Å². The van der Waals surface area contributed by atoms with Crippen LogP contribution in [0, 0.1) is 0 Å². The van der Waals surface area contributed by atoms with Gasteiger partial charge in [0.1, 0.15) is 5.75 Å². The van der Waals surface area contributed by atoms with Gasteiger partial charge in [-0.15, -0.1) is 5.70 Å². The first kappa shape index (κ1) is 17.5. The van der Waals surface area contributed by atoms with Gasteiger partial charge in [0.2, 0.25) is 0 Å². The van der Waals surface area contributed by atoms with Crippen LogP contribution in [0.2, 0.25) is 6.04 Å². The Labute approximate surface area is 146 Å². The van der Waals surface area contributed by atoms with Crippen LogP contribution in [0.5, 0.6) is 5.75 Å². The summed E-state index contributed by atoms with van der Waals surface area (Å²) in [5.41, 5.74) is 5.13. The summed E-state index contributed by atoms with van der Waals surface area (Å²) >= 11 is 4.57. The van der Waals surface area contributed by atoms with Gasteiger partial charge in [-0.1, -0.05) is 36.2 Å². The molecule has 0 aliphatic heterocycles. The number of rotatable bonds is 8. The second-order valence-electron chi connectivity index (χ2n) is 4.62. The molecule has 0 aliphatic carbocycles. The average molecular weight is 498 g/mol. The highest BCUT2D eigenvalue weighted by Gasteiger charge is 2.05. The minimum absolute atomic E-state index is 0.190. The maximum atomic E-state index is 5.82. The highest BCUT2D eigenvalue weighted by atomic mass is 127. The van der Waals surface area contributed by atoms with Gasteiger partial charge in [-0.3, -0.25) is 0 Å². The highest BCUT2D eigenvalue weighted by Crippen LogP contribution is 2.25. The van der Waals surface area contributed by atoms with E-state index in [0.717, 1.165) is 21.7 Å². The fraction of sp³-hybridized carbons (Fsp3) is 0.467. The molecule has 0 bridgehead atoms. The molecule has 1 rings (SSSR count). The van der Waals surface area contributed by atoms with E-state index < -0.39 is 0 Å². The maximum absolute atomic E-state index is 5.82. The van der Waals surface area contributed by atoms with Gasteiger partial charge < -0.3 is 4.74 Å². The molecule has 1 aromatic carbocycles. The Balaban J connectivity index is 2.34. The number of ether oxygens (including phenoxy) is 1.